The van der Waals surface area contributed by atoms with Crippen LogP contribution in [0, 0.1) is 0 Å². The van der Waals surface area contributed by atoms with Crippen LogP contribution in [0.25, 0.3) is 10.8 Å². The highest BCUT2D eigenvalue weighted by molar-refractivity contribution is 5.93. The predicted octanol–water partition coefficient (Wildman–Crippen LogP) is 2.88. The van der Waals surface area contributed by atoms with Crippen molar-refractivity contribution < 1.29 is 4.74 Å². The fraction of sp³-hybridized carbons (Fsp3) is 0.375. The van der Waals surface area contributed by atoms with Gasteiger partial charge in [-0.2, -0.15) is 0 Å². The average molecular weight is 258 g/mol. The van der Waals surface area contributed by atoms with Crippen molar-refractivity contribution >= 4 is 16.5 Å². The average Bonchev–Trinajstić information content (AvgIpc) is 2.46. The molecule has 0 aromatic heterocycles. The molecule has 2 rings (SSSR count). The lowest BCUT2D eigenvalue weighted by molar-refractivity contribution is 0.149. The van der Waals surface area contributed by atoms with Gasteiger partial charge >= 0.3 is 0 Å². The SMILES string of the molecule is CCOCCNCCNc1cccc2ccccc12. The highest BCUT2D eigenvalue weighted by atomic mass is 16.5. The molecule has 0 radical (unpaired) electrons. The molecule has 0 aliphatic carbocycles. The summed E-state index contributed by atoms with van der Waals surface area (Å²) in [6.07, 6.45) is 0. The molecule has 0 spiro atoms. The molecule has 2 aromatic rings. The minimum atomic E-state index is 0.783. The molecule has 0 amide bonds. The van der Waals surface area contributed by atoms with Crippen LogP contribution in [0.4, 0.5) is 5.69 Å². The van der Waals surface area contributed by atoms with Gasteiger partial charge in [-0.3, -0.25) is 0 Å². The van der Waals surface area contributed by atoms with Crippen LogP contribution in [0.3, 0.4) is 0 Å². The molecule has 0 aliphatic rings. The van der Waals surface area contributed by atoms with E-state index in [1.165, 1.54) is 16.5 Å². The van der Waals surface area contributed by atoms with Gasteiger partial charge in [-0.1, -0.05) is 36.4 Å². The van der Waals surface area contributed by atoms with E-state index in [-0.39, 0.29) is 0 Å². The van der Waals surface area contributed by atoms with Crippen molar-refractivity contribution in [2.45, 2.75) is 6.92 Å². The van der Waals surface area contributed by atoms with Crippen LogP contribution in [0.5, 0.6) is 0 Å². The van der Waals surface area contributed by atoms with Crippen molar-refractivity contribution in [3.63, 3.8) is 0 Å². The monoisotopic (exact) mass is 258 g/mol. The molecule has 2 N–H and O–H groups in total. The van der Waals surface area contributed by atoms with E-state index in [4.69, 9.17) is 4.74 Å². The predicted molar refractivity (Wildman–Crippen MR) is 81.8 cm³/mol. The first-order valence-corrected chi connectivity index (χ1v) is 6.92. The van der Waals surface area contributed by atoms with Crippen LogP contribution in [0.1, 0.15) is 6.92 Å². The summed E-state index contributed by atoms with van der Waals surface area (Å²) in [4.78, 5) is 0. The molecule has 3 heteroatoms. The lowest BCUT2D eigenvalue weighted by atomic mass is 10.1. The molecule has 0 aliphatic heterocycles. The van der Waals surface area contributed by atoms with E-state index in [9.17, 15) is 0 Å². The summed E-state index contributed by atoms with van der Waals surface area (Å²) in [6.45, 7) is 6.35. The van der Waals surface area contributed by atoms with Gasteiger partial charge in [0.25, 0.3) is 0 Å². The molecule has 102 valence electrons. The molecule has 0 saturated heterocycles. The standard InChI is InChI=1S/C16H22N2O/c1-2-19-13-12-17-10-11-18-16-9-5-7-14-6-3-4-8-15(14)16/h3-9,17-18H,2,10-13H2,1H3. The largest absolute Gasteiger partial charge is 0.383 e. The number of anilines is 1. The molecular formula is C16H22N2O. The van der Waals surface area contributed by atoms with Crippen molar-refractivity contribution in [3.05, 3.63) is 42.5 Å². The number of hydrogen-bond acceptors (Lipinski definition) is 3. The molecule has 0 atom stereocenters. The van der Waals surface area contributed by atoms with E-state index in [1.807, 2.05) is 6.92 Å². The van der Waals surface area contributed by atoms with Crippen molar-refractivity contribution in [1.29, 1.82) is 0 Å². The zero-order valence-electron chi connectivity index (χ0n) is 11.5. The first kappa shape index (κ1) is 13.8. The Bertz CT molecular complexity index is 494. The third-order valence-electron chi connectivity index (χ3n) is 3.03. The Morgan fingerprint density at radius 1 is 0.947 bits per heavy atom. The molecule has 0 unspecified atom stereocenters. The van der Waals surface area contributed by atoms with E-state index < -0.39 is 0 Å². The maximum Gasteiger partial charge on any atom is 0.0590 e. The van der Waals surface area contributed by atoms with Gasteiger partial charge in [0.15, 0.2) is 0 Å². The van der Waals surface area contributed by atoms with Crippen molar-refractivity contribution in [2.24, 2.45) is 0 Å². The summed E-state index contributed by atoms with van der Waals surface area (Å²) in [7, 11) is 0. The smallest absolute Gasteiger partial charge is 0.0590 e. The Morgan fingerprint density at radius 3 is 2.68 bits per heavy atom. The van der Waals surface area contributed by atoms with Crippen LogP contribution < -0.4 is 10.6 Å². The molecule has 19 heavy (non-hydrogen) atoms. The number of rotatable bonds is 8. The van der Waals surface area contributed by atoms with E-state index in [0.29, 0.717) is 0 Å². The third kappa shape index (κ3) is 4.23. The Hall–Kier alpha value is -1.58. The molecule has 0 fully saturated rings. The van der Waals surface area contributed by atoms with Gasteiger partial charge in [-0.05, 0) is 18.4 Å². The number of benzene rings is 2. The van der Waals surface area contributed by atoms with Gasteiger partial charge in [-0.25, -0.2) is 0 Å². The zero-order chi connectivity index (χ0) is 13.3. The lowest BCUT2D eigenvalue weighted by Gasteiger charge is -2.10. The molecule has 0 bridgehead atoms. The van der Waals surface area contributed by atoms with Crippen LogP contribution in [-0.4, -0.2) is 32.8 Å². The highest BCUT2D eigenvalue weighted by Crippen LogP contribution is 2.22. The minimum absolute atomic E-state index is 0.783. The van der Waals surface area contributed by atoms with Gasteiger partial charge in [0.1, 0.15) is 0 Å². The third-order valence-corrected chi connectivity index (χ3v) is 3.03. The van der Waals surface area contributed by atoms with Gasteiger partial charge in [-0.15, -0.1) is 0 Å². The Labute approximate surface area is 115 Å². The van der Waals surface area contributed by atoms with Crippen molar-refractivity contribution in [3.8, 4) is 0 Å². The Kier molecular flexibility index (Phi) is 5.66. The lowest BCUT2D eigenvalue weighted by Crippen LogP contribution is -2.25. The van der Waals surface area contributed by atoms with Crippen LogP contribution in [-0.2, 0) is 4.74 Å². The van der Waals surface area contributed by atoms with Crippen LogP contribution in [0.2, 0.25) is 0 Å². The van der Waals surface area contributed by atoms with Crippen LogP contribution >= 0.6 is 0 Å². The number of hydrogen-bond donors (Lipinski definition) is 2. The Morgan fingerprint density at radius 2 is 1.79 bits per heavy atom. The second kappa shape index (κ2) is 7.77. The summed E-state index contributed by atoms with van der Waals surface area (Å²) < 4.78 is 5.27. The van der Waals surface area contributed by atoms with Crippen molar-refractivity contribution in [2.75, 3.05) is 38.2 Å². The molecule has 2 aromatic carbocycles. The van der Waals surface area contributed by atoms with E-state index >= 15 is 0 Å². The minimum Gasteiger partial charge on any atom is -0.383 e. The summed E-state index contributed by atoms with van der Waals surface area (Å²) in [5.41, 5.74) is 1.20. The zero-order valence-corrected chi connectivity index (χ0v) is 11.5. The second-order valence-electron chi connectivity index (χ2n) is 4.40. The fourth-order valence-electron chi connectivity index (χ4n) is 2.08. The molecule has 3 nitrogen and oxygen atoms in total. The molecule has 0 saturated carbocycles. The number of fused-ring (bicyclic) bond motifs is 1. The maximum atomic E-state index is 5.27. The van der Waals surface area contributed by atoms with Gasteiger partial charge in [0.2, 0.25) is 0 Å². The summed E-state index contributed by atoms with van der Waals surface area (Å²) in [5.74, 6) is 0. The normalized spacial score (nSPS) is 10.8. The first-order valence-electron chi connectivity index (χ1n) is 6.92. The second-order valence-corrected chi connectivity index (χ2v) is 4.40. The summed E-state index contributed by atoms with van der Waals surface area (Å²) >= 11 is 0. The Balaban J connectivity index is 1.78. The summed E-state index contributed by atoms with van der Waals surface area (Å²) in [6, 6.07) is 14.8. The van der Waals surface area contributed by atoms with E-state index in [2.05, 4.69) is 53.1 Å². The molecular weight excluding hydrogens is 236 g/mol. The van der Waals surface area contributed by atoms with Gasteiger partial charge in [0, 0.05) is 37.3 Å². The quantitative estimate of drug-likeness (QED) is 0.714. The first-order chi connectivity index (χ1) is 9.42. The van der Waals surface area contributed by atoms with E-state index in [0.717, 1.165) is 32.8 Å². The molecule has 0 heterocycles. The van der Waals surface area contributed by atoms with E-state index in [1.54, 1.807) is 0 Å². The number of nitrogens with one attached hydrogen (secondary N) is 2. The fourth-order valence-corrected chi connectivity index (χ4v) is 2.08. The van der Waals surface area contributed by atoms with Gasteiger partial charge < -0.3 is 15.4 Å². The highest BCUT2D eigenvalue weighted by Gasteiger charge is 1.98. The number of ether oxygens (including phenoxy) is 1. The van der Waals surface area contributed by atoms with Crippen molar-refractivity contribution in [1.82, 2.24) is 5.32 Å². The van der Waals surface area contributed by atoms with Gasteiger partial charge in [0.05, 0.1) is 6.61 Å². The maximum absolute atomic E-state index is 5.27. The summed E-state index contributed by atoms with van der Waals surface area (Å²) in [5, 5.41) is 9.38. The van der Waals surface area contributed by atoms with Crippen LogP contribution in [0.15, 0.2) is 42.5 Å². The topological polar surface area (TPSA) is 33.3 Å².